The standard InChI is InChI=1S/C9H3Cl2F3N2O2S2/c10-4-2-1-3-5(11)6(4)20(17,18)8-16-15-7(19-8)9(12,13)14/h1-3H. The van der Waals surface area contributed by atoms with Gasteiger partial charge in [-0.2, -0.15) is 13.2 Å². The molecule has 20 heavy (non-hydrogen) atoms. The van der Waals surface area contributed by atoms with E-state index < -0.39 is 30.3 Å². The van der Waals surface area contributed by atoms with Gasteiger partial charge in [0, 0.05) is 0 Å². The summed E-state index contributed by atoms with van der Waals surface area (Å²) in [7, 11) is -4.36. The van der Waals surface area contributed by atoms with E-state index in [4.69, 9.17) is 23.2 Å². The van der Waals surface area contributed by atoms with Gasteiger partial charge in [-0.3, -0.25) is 0 Å². The summed E-state index contributed by atoms with van der Waals surface area (Å²) in [5, 5.41) is 4.10. The van der Waals surface area contributed by atoms with Gasteiger partial charge in [0.1, 0.15) is 4.90 Å². The largest absolute Gasteiger partial charge is 0.445 e. The van der Waals surface area contributed by atoms with E-state index in [0.717, 1.165) is 0 Å². The van der Waals surface area contributed by atoms with E-state index in [2.05, 4.69) is 10.2 Å². The Morgan fingerprint density at radius 3 is 2.10 bits per heavy atom. The second kappa shape index (κ2) is 5.14. The second-order valence-electron chi connectivity index (χ2n) is 3.43. The number of aromatic nitrogens is 2. The van der Waals surface area contributed by atoms with E-state index in [-0.39, 0.29) is 21.4 Å². The van der Waals surface area contributed by atoms with Crippen molar-refractivity contribution in [1.82, 2.24) is 10.2 Å². The van der Waals surface area contributed by atoms with Crippen molar-refractivity contribution in [2.75, 3.05) is 0 Å². The minimum absolute atomic E-state index is 0.0935. The van der Waals surface area contributed by atoms with Crippen molar-refractivity contribution in [2.45, 2.75) is 15.4 Å². The molecule has 0 unspecified atom stereocenters. The predicted molar refractivity (Wildman–Crippen MR) is 66.8 cm³/mol. The van der Waals surface area contributed by atoms with Crippen LogP contribution in [0.15, 0.2) is 27.4 Å². The average molecular weight is 363 g/mol. The first kappa shape index (κ1) is 15.5. The predicted octanol–water partition coefficient (Wildman–Crippen LogP) is 3.70. The first-order chi connectivity index (χ1) is 9.14. The zero-order valence-corrected chi connectivity index (χ0v) is 12.3. The van der Waals surface area contributed by atoms with Gasteiger partial charge < -0.3 is 0 Å². The molecule has 2 rings (SSSR count). The molecule has 1 heterocycles. The lowest BCUT2D eigenvalue weighted by atomic mass is 10.4. The van der Waals surface area contributed by atoms with E-state index in [1.807, 2.05) is 0 Å². The molecular weight excluding hydrogens is 360 g/mol. The molecule has 0 spiro atoms. The minimum atomic E-state index is -4.77. The van der Waals surface area contributed by atoms with Gasteiger partial charge in [-0.15, -0.1) is 10.2 Å². The van der Waals surface area contributed by atoms with Crippen LogP contribution in [0.4, 0.5) is 13.2 Å². The molecule has 0 bridgehead atoms. The smallest absolute Gasteiger partial charge is 0.216 e. The highest BCUT2D eigenvalue weighted by Crippen LogP contribution is 2.37. The zero-order valence-electron chi connectivity index (χ0n) is 9.15. The number of nitrogens with zero attached hydrogens (tertiary/aromatic N) is 2. The van der Waals surface area contributed by atoms with E-state index in [1.165, 1.54) is 18.2 Å². The molecule has 1 aromatic heterocycles. The number of hydrogen-bond acceptors (Lipinski definition) is 5. The lowest BCUT2D eigenvalue weighted by Gasteiger charge is -2.05. The fourth-order valence-corrected chi connectivity index (χ4v) is 4.61. The van der Waals surface area contributed by atoms with Crippen LogP contribution in [0.5, 0.6) is 0 Å². The van der Waals surface area contributed by atoms with Gasteiger partial charge in [-0.05, 0) is 12.1 Å². The molecular formula is C9H3Cl2F3N2O2S2. The number of rotatable bonds is 2. The molecule has 0 amide bonds. The quantitative estimate of drug-likeness (QED) is 0.817. The summed E-state index contributed by atoms with van der Waals surface area (Å²) >= 11 is 11.4. The first-order valence-corrected chi connectivity index (χ1v) is 7.79. The lowest BCUT2D eigenvalue weighted by Crippen LogP contribution is -2.03. The number of halogens is 5. The van der Waals surface area contributed by atoms with Crippen LogP contribution in [0, 0.1) is 0 Å². The van der Waals surface area contributed by atoms with E-state index >= 15 is 0 Å². The maximum Gasteiger partial charge on any atom is 0.445 e. The summed E-state index contributed by atoms with van der Waals surface area (Å²) in [6, 6.07) is 3.92. The van der Waals surface area contributed by atoms with Gasteiger partial charge >= 0.3 is 6.18 Å². The molecule has 2 aromatic rings. The Morgan fingerprint density at radius 2 is 1.65 bits per heavy atom. The third kappa shape index (κ3) is 2.76. The SMILES string of the molecule is O=S(=O)(c1nnc(C(F)(F)F)s1)c1c(Cl)cccc1Cl. The molecule has 4 nitrogen and oxygen atoms in total. The Labute approximate surface area is 125 Å². The summed E-state index contributed by atoms with van der Waals surface area (Å²) in [4.78, 5) is -0.492. The molecule has 0 N–H and O–H groups in total. The Balaban J connectivity index is 2.59. The molecule has 0 fully saturated rings. The Bertz CT molecular complexity index is 739. The summed E-state index contributed by atoms with van der Waals surface area (Å²) in [5.41, 5.74) is 0. The topological polar surface area (TPSA) is 59.9 Å². The van der Waals surface area contributed by atoms with Crippen LogP contribution >= 0.6 is 34.5 Å². The fraction of sp³-hybridized carbons (Fsp3) is 0.111. The van der Waals surface area contributed by atoms with Crippen LogP contribution in [0.25, 0.3) is 0 Å². The molecule has 0 atom stereocenters. The van der Waals surface area contributed by atoms with Gasteiger partial charge in [-0.1, -0.05) is 40.6 Å². The maximum absolute atomic E-state index is 12.4. The van der Waals surface area contributed by atoms with Crippen LogP contribution in [0.1, 0.15) is 5.01 Å². The molecule has 11 heteroatoms. The Hall–Kier alpha value is -0.900. The van der Waals surface area contributed by atoms with Gasteiger partial charge in [0.25, 0.3) is 0 Å². The number of alkyl halides is 3. The Kier molecular flexibility index (Phi) is 3.98. The van der Waals surface area contributed by atoms with Crippen LogP contribution in [-0.2, 0) is 16.0 Å². The van der Waals surface area contributed by atoms with Crippen LogP contribution in [0.3, 0.4) is 0 Å². The third-order valence-corrected chi connectivity index (χ3v) is 6.11. The normalized spacial score (nSPS) is 12.7. The first-order valence-electron chi connectivity index (χ1n) is 4.74. The minimum Gasteiger partial charge on any atom is -0.216 e. The van der Waals surface area contributed by atoms with Crippen molar-refractivity contribution in [3.8, 4) is 0 Å². The van der Waals surface area contributed by atoms with Gasteiger partial charge in [0.15, 0.2) is 0 Å². The van der Waals surface area contributed by atoms with Crippen molar-refractivity contribution >= 4 is 44.4 Å². The summed E-state index contributed by atoms with van der Waals surface area (Å²) in [5.74, 6) is 0. The van der Waals surface area contributed by atoms with Crippen LogP contribution < -0.4 is 0 Å². The highest BCUT2D eigenvalue weighted by Gasteiger charge is 2.38. The maximum atomic E-state index is 12.4. The van der Waals surface area contributed by atoms with Gasteiger partial charge in [-0.25, -0.2) is 8.42 Å². The molecule has 0 aliphatic rings. The number of hydrogen-bond donors (Lipinski definition) is 0. The van der Waals surface area contributed by atoms with Crippen molar-refractivity contribution in [2.24, 2.45) is 0 Å². The molecule has 0 saturated carbocycles. The van der Waals surface area contributed by atoms with Crippen molar-refractivity contribution in [3.05, 3.63) is 33.3 Å². The summed E-state index contributed by atoms with van der Waals surface area (Å²) in [6.45, 7) is 0. The van der Waals surface area contributed by atoms with Crippen molar-refractivity contribution in [1.29, 1.82) is 0 Å². The highest BCUT2D eigenvalue weighted by atomic mass is 35.5. The molecule has 1 aromatic carbocycles. The van der Waals surface area contributed by atoms with E-state index in [0.29, 0.717) is 0 Å². The number of sulfone groups is 1. The Morgan fingerprint density at radius 1 is 1.10 bits per heavy atom. The molecule has 0 saturated heterocycles. The molecule has 108 valence electrons. The van der Waals surface area contributed by atoms with Crippen molar-refractivity contribution in [3.63, 3.8) is 0 Å². The monoisotopic (exact) mass is 362 g/mol. The zero-order chi connectivity index (χ0) is 15.1. The van der Waals surface area contributed by atoms with E-state index in [9.17, 15) is 21.6 Å². The highest BCUT2D eigenvalue weighted by molar-refractivity contribution is 7.93. The van der Waals surface area contributed by atoms with E-state index in [1.54, 1.807) is 0 Å². The summed E-state index contributed by atoms with van der Waals surface area (Å²) in [6.07, 6.45) is -4.77. The average Bonchev–Trinajstić information content (AvgIpc) is 2.77. The fourth-order valence-electron chi connectivity index (χ4n) is 1.26. The molecule has 0 radical (unpaired) electrons. The number of benzene rings is 1. The second-order valence-corrected chi connectivity index (χ2v) is 7.28. The van der Waals surface area contributed by atoms with Crippen LogP contribution in [-0.4, -0.2) is 18.6 Å². The molecule has 0 aliphatic carbocycles. The molecule has 0 aliphatic heterocycles. The van der Waals surface area contributed by atoms with Crippen LogP contribution in [0.2, 0.25) is 10.0 Å². The third-order valence-electron chi connectivity index (χ3n) is 2.07. The van der Waals surface area contributed by atoms with Crippen molar-refractivity contribution < 1.29 is 21.6 Å². The van der Waals surface area contributed by atoms with Gasteiger partial charge in [0.2, 0.25) is 19.2 Å². The summed E-state index contributed by atoms with van der Waals surface area (Å²) < 4.78 is 60.8. The lowest BCUT2D eigenvalue weighted by molar-refractivity contribution is -0.138. The van der Waals surface area contributed by atoms with Gasteiger partial charge in [0.05, 0.1) is 10.0 Å².